The number of halogens is 1. The maximum Gasteiger partial charge on any atom is 0.339 e. The summed E-state index contributed by atoms with van der Waals surface area (Å²) < 4.78 is 6.30. The average Bonchev–Trinajstić information content (AvgIpc) is 2.42. The Labute approximate surface area is 139 Å². The molecule has 0 amide bonds. The molecule has 1 atom stereocenters. The maximum atomic E-state index is 12.3. The average molecular weight is 404 g/mol. The van der Waals surface area contributed by atoms with Crippen LogP contribution in [0.5, 0.6) is 0 Å². The third kappa shape index (κ3) is 5.30. The van der Waals surface area contributed by atoms with Gasteiger partial charge in [0, 0.05) is 3.57 Å². The lowest BCUT2D eigenvalue weighted by atomic mass is 10.0. The monoisotopic (exact) mass is 404 g/mol. The highest BCUT2D eigenvalue weighted by Gasteiger charge is 2.23. The lowest BCUT2D eigenvalue weighted by Gasteiger charge is -2.21. The predicted molar refractivity (Wildman–Crippen MR) is 89.7 cm³/mol. The van der Waals surface area contributed by atoms with Gasteiger partial charge in [-0.15, -0.1) is 0 Å². The van der Waals surface area contributed by atoms with Crippen LogP contribution >= 0.6 is 22.6 Å². The molecule has 1 N–H and O–H groups in total. The Balaban J connectivity index is 2.94. The minimum Gasteiger partial charge on any atom is -0.478 e. The van der Waals surface area contributed by atoms with Crippen molar-refractivity contribution in [3.8, 4) is 0 Å². The number of aromatic carboxylic acids is 1. The maximum absolute atomic E-state index is 12.3. The molecule has 0 radical (unpaired) electrons. The minimum atomic E-state index is -1.12. The summed E-state index contributed by atoms with van der Waals surface area (Å²) in [6, 6.07) is 4.71. The SMILES string of the molecule is CCCCC(OC(=O)c1ccc(I)cc1C(=O)O)C(C)C. The van der Waals surface area contributed by atoms with Crippen LogP contribution < -0.4 is 0 Å². The Morgan fingerprint density at radius 2 is 1.95 bits per heavy atom. The number of carboxylic acid groups (broad SMARTS) is 1. The van der Waals surface area contributed by atoms with E-state index in [0.29, 0.717) is 0 Å². The molecule has 1 unspecified atom stereocenters. The van der Waals surface area contributed by atoms with Gasteiger partial charge in [-0.2, -0.15) is 0 Å². The van der Waals surface area contributed by atoms with Crippen molar-refractivity contribution in [2.24, 2.45) is 5.92 Å². The van der Waals surface area contributed by atoms with Crippen molar-refractivity contribution in [2.45, 2.75) is 46.1 Å². The van der Waals surface area contributed by atoms with E-state index in [2.05, 4.69) is 6.92 Å². The Morgan fingerprint density at radius 1 is 1.29 bits per heavy atom. The van der Waals surface area contributed by atoms with E-state index < -0.39 is 11.9 Å². The van der Waals surface area contributed by atoms with E-state index in [4.69, 9.17) is 4.74 Å². The van der Waals surface area contributed by atoms with Crippen molar-refractivity contribution in [3.63, 3.8) is 0 Å². The van der Waals surface area contributed by atoms with Gasteiger partial charge in [0.15, 0.2) is 0 Å². The lowest BCUT2D eigenvalue weighted by Crippen LogP contribution is -2.25. The van der Waals surface area contributed by atoms with E-state index in [9.17, 15) is 14.7 Å². The summed E-state index contributed by atoms with van der Waals surface area (Å²) >= 11 is 2.02. The number of carbonyl (C=O) groups is 2. The summed E-state index contributed by atoms with van der Waals surface area (Å²) in [6.45, 7) is 6.08. The van der Waals surface area contributed by atoms with Crippen molar-refractivity contribution in [1.82, 2.24) is 0 Å². The summed E-state index contributed by atoms with van der Waals surface area (Å²) in [5.74, 6) is -1.47. The zero-order valence-corrected chi connectivity index (χ0v) is 14.7. The molecule has 0 saturated carbocycles. The molecule has 0 bridgehead atoms. The first-order valence-electron chi connectivity index (χ1n) is 7.10. The first-order chi connectivity index (χ1) is 9.86. The van der Waals surface area contributed by atoms with Crippen LogP contribution in [0.25, 0.3) is 0 Å². The molecule has 21 heavy (non-hydrogen) atoms. The molecule has 0 heterocycles. The van der Waals surface area contributed by atoms with E-state index >= 15 is 0 Å². The van der Waals surface area contributed by atoms with Crippen molar-refractivity contribution in [3.05, 3.63) is 32.9 Å². The molecule has 5 heteroatoms. The van der Waals surface area contributed by atoms with Crippen LogP contribution in [0, 0.1) is 9.49 Å². The van der Waals surface area contributed by atoms with E-state index in [1.54, 1.807) is 6.07 Å². The second-order valence-corrected chi connectivity index (χ2v) is 6.57. The summed E-state index contributed by atoms with van der Waals surface area (Å²) in [5.41, 5.74) is 0.106. The number of hydrogen-bond acceptors (Lipinski definition) is 3. The standard InChI is InChI=1S/C16H21IO4/c1-4-5-6-14(10(2)3)21-16(20)12-8-7-11(17)9-13(12)15(18)19/h7-10,14H,4-6H2,1-3H3,(H,18,19). The molecule has 0 saturated heterocycles. The van der Waals surface area contributed by atoms with Crippen molar-refractivity contribution in [2.75, 3.05) is 0 Å². The van der Waals surface area contributed by atoms with Gasteiger partial charge in [-0.1, -0.05) is 33.6 Å². The second kappa shape index (κ2) is 8.36. The third-order valence-corrected chi connectivity index (χ3v) is 3.95. The van der Waals surface area contributed by atoms with Crippen molar-refractivity contribution in [1.29, 1.82) is 0 Å². The zero-order valence-electron chi connectivity index (χ0n) is 12.6. The molecular weight excluding hydrogens is 383 g/mol. The predicted octanol–water partition coefficient (Wildman–Crippen LogP) is 4.36. The number of carbonyl (C=O) groups excluding carboxylic acids is 1. The number of esters is 1. The van der Waals surface area contributed by atoms with Gasteiger partial charge in [0.1, 0.15) is 6.10 Å². The largest absolute Gasteiger partial charge is 0.478 e. The van der Waals surface area contributed by atoms with E-state index in [1.165, 1.54) is 12.1 Å². The summed E-state index contributed by atoms with van der Waals surface area (Å²) in [7, 11) is 0. The van der Waals surface area contributed by atoms with Crippen molar-refractivity contribution < 1.29 is 19.4 Å². The fourth-order valence-electron chi connectivity index (χ4n) is 2.01. The van der Waals surface area contributed by atoms with Crippen LogP contribution in [-0.4, -0.2) is 23.1 Å². The van der Waals surface area contributed by atoms with Gasteiger partial charge in [-0.05, 0) is 53.1 Å². The molecule has 0 fully saturated rings. The normalized spacial score (nSPS) is 12.2. The number of unbranched alkanes of at least 4 members (excludes halogenated alkanes) is 1. The van der Waals surface area contributed by atoms with Gasteiger partial charge >= 0.3 is 11.9 Å². The molecule has 1 rings (SSSR count). The smallest absolute Gasteiger partial charge is 0.339 e. The summed E-state index contributed by atoms with van der Waals surface area (Å²) in [4.78, 5) is 23.5. The zero-order chi connectivity index (χ0) is 16.0. The van der Waals surface area contributed by atoms with Gasteiger partial charge in [-0.25, -0.2) is 9.59 Å². The van der Waals surface area contributed by atoms with Gasteiger partial charge in [-0.3, -0.25) is 0 Å². The molecule has 1 aromatic carbocycles. The third-order valence-electron chi connectivity index (χ3n) is 3.28. The second-order valence-electron chi connectivity index (χ2n) is 5.33. The molecule has 0 aliphatic rings. The van der Waals surface area contributed by atoms with Gasteiger partial charge in [0.05, 0.1) is 11.1 Å². The van der Waals surface area contributed by atoms with Crippen LogP contribution in [0.3, 0.4) is 0 Å². The number of benzene rings is 1. The minimum absolute atomic E-state index is 0.00935. The Kier molecular flexibility index (Phi) is 7.14. The van der Waals surface area contributed by atoms with Crippen molar-refractivity contribution >= 4 is 34.5 Å². The molecule has 1 aromatic rings. The topological polar surface area (TPSA) is 63.6 Å². The van der Waals surface area contributed by atoms with Crippen LogP contribution in [0.1, 0.15) is 60.7 Å². The summed E-state index contributed by atoms with van der Waals surface area (Å²) in [6.07, 6.45) is 2.63. The first kappa shape index (κ1) is 17.9. The van der Waals surface area contributed by atoms with Crippen LogP contribution in [-0.2, 0) is 4.74 Å². The van der Waals surface area contributed by atoms with Crippen LogP contribution in [0.4, 0.5) is 0 Å². The number of carboxylic acids is 1. The molecule has 0 aliphatic carbocycles. The van der Waals surface area contributed by atoms with E-state index in [-0.39, 0.29) is 23.1 Å². The molecule has 116 valence electrons. The van der Waals surface area contributed by atoms with E-state index in [0.717, 1.165) is 22.8 Å². The highest BCUT2D eigenvalue weighted by molar-refractivity contribution is 14.1. The van der Waals surface area contributed by atoms with Gasteiger partial charge in [0.25, 0.3) is 0 Å². The summed E-state index contributed by atoms with van der Waals surface area (Å²) in [5, 5.41) is 9.21. The molecule has 4 nitrogen and oxygen atoms in total. The molecule has 0 aliphatic heterocycles. The molecular formula is C16H21IO4. The highest BCUT2D eigenvalue weighted by atomic mass is 127. The Bertz CT molecular complexity index is 511. The Morgan fingerprint density at radius 3 is 2.48 bits per heavy atom. The number of hydrogen-bond donors (Lipinski definition) is 1. The van der Waals surface area contributed by atoms with Gasteiger partial charge < -0.3 is 9.84 Å². The Hall–Kier alpha value is -1.11. The fourth-order valence-corrected chi connectivity index (χ4v) is 2.50. The highest BCUT2D eigenvalue weighted by Crippen LogP contribution is 2.20. The van der Waals surface area contributed by atoms with Crippen LogP contribution in [0.15, 0.2) is 18.2 Å². The van der Waals surface area contributed by atoms with E-state index in [1.807, 2.05) is 36.4 Å². The lowest BCUT2D eigenvalue weighted by molar-refractivity contribution is 0.0149. The van der Waals surface area contributed by atoms with Crippen LogP contribution in [0.2, 0.25) is 0 Å². The number of ether oxygens (including phenoxy) is 1. The first-order valence-corrected chi connectivity index (χ1v) is 8.18. The molecule has 0 aromatic heterocycles. The van der Waals surface area contributed by atoms with Gasteiger partial charge in [0.2, 0.25) is 0 Å². The fraction of sp³-hybridized carbons (Fsp3) is 0.500. The molecule has 0 spiro atoms. The number of rotatable bonds is 7. The quantitative estimate of drug-likeness (QED) is 0.542.